The van der Waals surface area contributed by atoms with E-state index >= 15 is 0 Å². The van der Waals surface area contributed by atoms with Gasteiger partial charge in [-0.3, -0.25) is 0 Å². The van der Waals surface area contributed by atoms with E-state index in [0.717, 1.165) is 5.92 Å². The van der Waals surface area contributed by atoms with E-state index in [1.807, 2.05) is 0 Å². The third-order valence-electron chi connectivity index (χ3n) is 3.41. The Morgan fingerprint density at radius 2 is 1.85 bits per heavy atom. The standard InChI is InChI=1S/C11H22N2/c1-2-9-13(8-1)10-11-4-3-6-12-7-5-11/h11-12H,1-10H2. The molecule has 0 aromatic rings. The second kappa shape index (κ2) is 4.97. The SMILES string of the molecule is C1CNCCC(CN2CCCC2)C1. The molecule has 0 aromatic heterocycles. The van der Waals surface area contributed by atoms with Crippen LogP contribution < -0.4 is 5.32 Å². The van der Waals surface area contributed by atoms with Crippen LogP contribution in [0.2, 0.25) is 0 Å². The van der Waals surface area contributed by atoms with Gasteiger partial charge in [0.05, 0.1) is 0 Å². The third kappa shape index (κ3) is 2.96. The first-order valence-electron chi connectivity index (χ1n) is 5.88. The van der Waals surface area contributed by atoms with E-state index in [1.54, 1.807) is 0 Å². The number of likely N-dealkylation sites (tertiary alicyclic amines) is 1. The van der Waals surface area contributed by atoms with Crippen LogP contribution in [0.25, 0.3) is 0 Å². The van der Waals surface area contributed by atoms with E-state index in [4.69, 9.17) is 0 Å². The van der Waals surface area contributed by atoms with Crippen molar-refractivity contribution in [1.82, 2.24) is 10.2 Å². The lowest BCUT2D eigenvalue weighted by molar-refractivity contribution is 0.264. The van der Waals surface area contributed by atoms with Crippen molar-refractivity contribution in [2.75, 3.05) is 32.7 Å². The molecule has 1 atom stereocenters. The Morgan fingerprint density at radius 3 is 2.69 bits per heavy atom. The number of rotatable bonds is 2. The molecule has 0 aliphatic carbocycles. The number of nitrogens with one attached hydrogen (secondary N) is 1. The smallest absolute Gasteiger partial charge is 0.00101 e. The van der Waals surface area contributed by atoms with Crippen molar-refractivity contribution in [2.45, 2.75) is 32.1 Å². The first-order valence-corrected chi connectivity index (χ1v) is 5.88. The molecule has 1 N–H and O–H groups in total. The van der Waals surface area contributed by atoms with Gasteiger partial charge in [0.1, 0.15) is 0 Å². The Labute approximate surface area is 81.7 Å². The van der Waals surface area contributed by atoms with E-state index in [1.165, 1.54) is 64.8 Å². The molecule has 2 saturated heterocycles. The highest BCUT2D eigenvalue weighted by Crippen LogP contribution is 2.17. The lowest BCUT2D eigenvalue weighted by Crippen LogP contribution is -2.27. The fourth-order valence-corrected chi connectivity index (χ4v) is 2.60. The average molecular weight is 182 g/mol. The second-order valence-electron chi connectivity index (χ2n) is 4.55. The van der Waals surface area contributed by atoms with Crippen LogP contribution in [0.3, 0.4) is 0 Å². The second-order valence-corrected chi connectivity index (χ2v) is 4.55. The number of hydrogen-bond acceptors (Lipinski definition) is 2. The zero-order valence-corrected chi connectivity index (χ0v) is 8.60. The van der Waals surface area contributed by atoms with E-state index in [9.17, 15) is 0 Å². The fourth-order valence-electron chi connectivity index (χ4n) is 2.60. The molecule has 1 unspecified atom stereocenters. The predicted molar refractivity (Wildman–Crippen MR) is 55.9 cm³/mol. The van der Waals surface area contributed by atoms with Crippen molar-refractivity contribution < 1.29 is 0 Å². The van der Waals surface area contributed by atoms with Gasteiger partial charge in [0.25, 0.3) is 0 Å². The highest BCUT2D eigenvalue weighted by atomic mass is 15.1. The quantitative estimate of drug-likeness (QED) is 0.696. The van der Waals surface area contributed by atoms with Crippen LogP contribution in [0, 0.1) is 5.92 Å². The van der Waals surface area contributed by atoms with Gasteiger partial charge < -0.3 is 10.2 Å². The molecule has 0 bridgehead atoms. The van der Waals surface area contributed by atoms with Crippen LogP contribution in [0.5, 0.6) is 0 Å². The first-order chi connectivity index (χ1) is 6.45. The highest BCUT2D eigenvalue weighted by Gasteiger charge is 2.18. The van der Waals surface area contributed by atoms with E-state index in [-0.39, 0.29) is 0 Å². The molecule has 2 heteroatoms. The molecule has 2 aliphatic rings. The van der Waals surface area contributed by atoms with Crippen LogP contribution in [0.4, 0.5) is 0 Å². The summed E-state index contributed by atoms with van der Waals surface area (Å²) in [7, 11) is 0. The van der Waals surface area contributed by atoms with Gasteiger partial charge >= 0.3 is 0 Å². The van der Waals surface area contributed by atoms with Gasteiger partial charge in [-0.2, -0.15) is 0 Å². The monoisotopic (exact) mass is 182 g/mol. The Morgan fingerprint density at radius 1 is 1.00 bits per heavy atom. The van der Waals surface area contributed by atoms with E-state index in [2.05, 4.69) is 10.2 Å². The molecule has 2 rings (SSSR count). The minimum Gasteiger partial charge on any atom is -0.317 e. The van der Waals surface area contributed by atoms with Gasteiger partial charge in [-0.05, 0) is 64.2 Å². The predicted octanol–water partition coefficient (Wildman–Crippen LogP) is 1.47. The van der Waals surface area contributed by atoms with Crippen LogP contribution in [0.15, 0.2) is 0 Å². The van der Waals surface area contributed by atoms with Crippen molar-refractivity contribution in [1.29, 1.82) is 0 Å². The molecule has 0 spiro atoms. The lowest BCUT2D eigenvalue weighted by atomic mass is 10.0. The van der Waals surface area contributed by atoms with Gasteiger partial charge in [0, 0.05) is 6.54 Å². The lowest BCUT2D eigenvalue weighted by Gasteiger charge is -2.21. The number of hydrogen-bond donors (Lipinski definition) is 1. The van der Waals surface area contributed by atoms with Crippen molar-refractivity contribution in [3.8, 4) is 0 Å². The molecule has 2 nitrogen and oxygen atoms in total. The molecule has 0 radical (unpaired) electrons. The Bertz CT molecular complexity index is 133. The van der Waals surface area contributed by atoms with Crippen molar-refractivity contribution >= 4 is 0 Å². The van der Waals surface area contributed by atoms with Crippen LogP contribution in [-0.2, 0) is 0 Å². The van der Waals surface area contributed by atoms with Gasteiger partial charge in [-0.25, -0.2) is 0 Å². The maximum atomic E-state index is 3.48. The summed E-state index contributed by atoms with van der Waals surface area (Å²) in [6.45, 7) is 6.60. The maximum Gasteiger partial charge on any atom is 0.00101 e. The highest BCUT2D eigenvalue weighted by molar-refractivity contribution is 4.73. The molecule has 0 aromatic carbocycles. The summed E-state index contributed by atoms with van der Waals surface area (Å²) < 4.78 is 0. The van der Waals surface area contributed by atoms with E-state index < -0.39 is 0 Å². The third-order valence-corrected chi connectivity index (χ3v) is 3.41. The molecule has 13 heavy (non-hydrogen) atoms. The molecule has 2 aliphatic heterocycles. The molecule has 2 fully saturated rings. The summed E-state index contributed by atoms with van der Waals surface area (Å²) >= 11 is 0. The first kappa shape index (κ1) is 9.47. The van der Waals surface area contributed by atoms with Gasteiger partial charge in [-0.1, -0.05) is 0 Å². The fraction of sp³-hybridized carbons (Fsp3) is 1.00. The summed E-state index contributed by atoms with van der Waals surface area (Å²) in [5.41, 5.74) is 0. The molecule has 0 saturated carbocycles. The summed E-state index contributed by atoms with van der Waals surface area (Å²) in [6, 6.07) is 0. The summed E-state index contributed by atoms with van der Waals surface area (Å²) in [5, 5.41) is 3.48. The Hall–Kier alpha value is -0.0800. The van der Waals surface area contributed by atoms with Gasteiger partial charge in [-0.15, -0.1) is 0 Å². The zero-order chi connectivity index (χ0) is 8.93. The summed E-state index contributed by atoms with van der Waals surface area (Å²) in [6.07, 6.45) is 7.11. The topological polar surface area (TPSA) is 15.3 Å². The van der Waals surface area contributed by atoms with Crippen molar-refractivity contribution in [3.63, 3.8) is 0 Å². The van der Waals surface area contributed by atoms with Gasteiger partial charge in [0.15, 0.2) is 0 Å². The minimum atomic E-state index is 0.980. The van der Waals surface area contributed by atoms with Crippen LogP contribution >= 0.6 is 0 Å². The Kier molecular flexibility index (Phi) is 3.62. The largest absolute Gasteiger partial charge is 0.317 e. The number of nitrogens with zero attached hydrogens (tertiary/aromatic N) is 1. The molecule has 0 amide bonds. The van der Waals surface area contributed by atoms with Crippen LogP contribution in [-0.4, -0.2) is 37.6 Å². The molecule has 76 valence electrons. The maximum absolute atomic E-state index is 3.48. The zero-order valence-electron chi connectivity index (χ0n) is 8.60. The Balaban J connectivity index is 1.71. The van der Waals surface area contributed by atoms with E-state index in [0.29, 0.717) is 0 Å². The normalized spacial score (nSPS) is 31.8. The summed E-state index contributed by atoms with van der Waals surface area (Å²) in [4.78, 5) is 2.66. The van der Waals surface area contributed by atoms with Gasteiger partial charge in [0.2, 0.25) is 0 Å². The minimum absolute atomic E-state index is 0.980. The molecular formula is C11H22N2. The molecule has 2 heterocycles. The average Bonchev–Trinajstić information content (AvgIpc) is 2.49. The van der Waals surface area contributed by atoms with Crippen LogP contribution in [0.1, 0.15) is 32.1 Å². The van der Waals surface area contributed by atoms with Crippen molar-refractivity contribution in [2.24, 2.45) is 5.92 Å². The molecular weight excluding hydrogens is 160 g/mol. The summed E-state index contributed by atoms with van der Waals surface area (Å²) in [5.74, 6) is 0.980. The van der Waals surface area contributed by atoms with Crippen molar-refractivity contribution in [3.05, 3.63) is 0 Å².